The molecule has 0 atom stereocenters. The normalized spacial score (nSPS) is 9.93. The lowest BCUT2D eigenvalue weighted by atomic mass is 10.2. The zero-order chi connectivity index (χ0) is 10.9. The second-order valence-corrected chi connectivity index (χ2v) is 3.32. The van der Waals surface area contributed by atoms with Crippen LogP contribution in [0, 0.1) is 0 Å². The second kappa shape index (κ2) is 7.07. The predicted molar refractivity (Wildman–Crippen MR) is 63.1 cm³/mol. The van der Waals surface area contributed by atoms with E-state index in [2.05, 4.69) is 6.58 Å². The fraction of sp³-hybridized carbons (Fsp3) is 0.385. The van der Waals surface area contributed by atoms with E-state index >= 15 is 0 Å². The van der Waals surface area contributed by atoms with Gasteiger partial charge in [0.25, 0.3) is 0 Å². The highest BCUT2D eigenvalue weighted by Gasteiger charge is 1.93. The fourth-order valence-electron chi connectivity index (χ4n) is 1.24. The average Bonchev–Trinajstić information content (AvgIpc) is 2.30. The minimum atomic E-state index is 0.747. The van der Waals surface area contributed by atoms with Crippen LogP contribution in [0.15, 0.2) is 30.8 Å². The molecule has 2 nitrogen and oxygen atoms in total. The predicted octanol–water partition coefficient (Wildman–Crippen LogP) is 3.14. The molecule has 0 N–H and O–H groups in total. The molecule has 0 amide bonds. The van der Waals surface area contributed by atoms with Crippen LogP contribution in [0.5, 0.6) is 5.75 Å². The molecule has 0 aliphatic carbocycles. The zero-order valence-corrected chi connectivity index (χ0v) is 9.24. The van der Waals surface area contributed by atoms with E-state index < -0.39 is 0 Å². The lowest BCUT2D eigenvalue weighted by Gasteiger charge is -2.05. The van der Waals surface area contributed by atoms with Crippen molar-refractivity contribution in [3.8, 4) is 5.75 Å². The number of hydrogen-bond acceptors (Lipinski definition) is 2. The van der Waals surface area contributed by atoms with Gasteiger partial charge in [-0.3, -0.25) is 0 Å². The van der Waals surface area contributed by atoms with Crippen molar-refractivity contribution >= 4 is 6.08 Å². The molecule has 0 aromatic heterocycles. The monoisotopic (exact) mass is 206 g/mol. The van der Waals surface area contributed by atoms with E-state index in [0.29, 0.717) is 0 Å². The van der Waals surface area contributed by atoms with E-state index in [0.717, 1.165) is 37.4 Å². The first-order valence-corrected chi connectivity index (χ1v) is 5.21. The quantitative estimate of drug-likeness (QED) is 0.638. The van der Waals surface area contributed by atoms with Crippen LogP contribution in [-0.2, 0) is 4.74 Å². The Morgan fingerprint density at radius 2 is 1.80 bits per heavy atom. The van der Waals surface area contributed by atoms with Crippen molar-refractivity contribution in [2.24, 2.45) is 0 Å². The highest BCUT2D eigenvalue weighted by atomic mass is 16.5. The lowest BCUT2D eigenvalue weighted by Crippen LogP contribution is -1.99. The Bertz CT molecular complexity index is 277. The van der Waals surface area contributed by atoms with Gasteiger partial charge in [-0.25, -0.2) is 0 Å². The molecule has 82 valence electrons. The van der Waals surface area contributed by atoms with Crippen LogP contribution >= 0.6 is 0 Å². The van der Waals surface area contributed by atoms with Crippen molar-refractivity contribution in [1.29, 1.82) is 0 Å². The number of ether oxygens (including phenoxy) is 2. The van der Waals surface area contributed by atoms with Gasteiger partial charge >= 0.3 is 0 Å². The molecule has 0 radical (unpaired) electrons. The third-order valence-corrected chi connectivity index (χ3v) is 2.13. The smallest absolute Gasteiger partial charge is 0.119 e. The van der Waals surface area contributed by atoms with E-state index in [1.807, 2.05) is 30.3 Å². The molecule has 0 bridgehead atoms. The van der Waals surface area contributed by atoms with Crippen molar-refractivity contribution in [2.45, 2.75) is 12.8 Å². The summed E-state index contributed by atoms with van der Waals surface area (Å²) in [6.07, 6.45) is 3.89. The molecule has 1 aromatic rings. The minimum Gasteiger partial charge on any atom is -0.494 e. The van der Waals surface area contributed by atoms with Crippen LogP contribution in [0.25, 0.3) is 6.08 Å². The molecular formula is C13H18O2. The van der Waals surface area contributed by atoms with E-state index in [4.69, 9.17) is 9.47 Å². The van der Waals surface area contributed by atoms with Gasteiger partial charge in [-0.15, -0.1) is 0 Å². The zero-order valence-electron chi connectivity index (χ0n) is 9.24. The Kier molecular flexibility index (Phi) is 5.56. The summed E-state index contributed by atoms with van der Waals surface area (Å²) in [6.45, 7) is 5.25. The molecule has 0 fully saturated rings. The van der Waals surface area contributed by atoms with E-state index in [1.165, 1.54) is 0 Å². The standard InChI is InChI=1S/C13H18O2/c1-3-12-6-8-13(9-7-12)15-11-5-4-10-14-2/h3,6-9H,1,4-5,10-11H2,2H3. The van der Waals surface area contributed by atoms with Gasteiger partial charge in [0, 0.05) is 13.7 Å². The average molecular weight is 206 g/mol. The van der Waals surface area contributed by atoms with Crippen molar-refractivity contribution in [3.63, 3.8) is 0 Å². The molecule has 0 aliphatic rings. The van der Waals surface area contributed by atoms with Crippen molar-refractivity contribution in [3.05, 3.63) is 36.4 Å². The highest BCUT2D eigenvalue weighted by Crippen LogP contribution is 2.13. The third-order valence-electron chi connectivity index (χ3n) is 2.13. The van der Waals surface area contributed by atoms with E-state index in [9.17, 15) is 0 Å². The maximum Gasteiger partial charge on any atom is 0.119 e. The molecule has 0 saturated carbocycles. The molecule has 0 unspecified atom stereocenters. The molecule has 15 heavy (non-hydrogen) atoms. The summed E-state index contributed by atoms with van der Waals surface area (Å²) in [6, 6.07) is 7.93. The van der Waals surface area contributed by atoms with Gasteiger partial charge < -0.3 is 9.47 Å². The summed E-state index contributed by atoms with van der Waals surface area (Å²) in [4.78, 5) is 0. The Morgan fingerprint density at radius 3 is 2.40 bits per heavy atom. The van der Waals surface area contributed by atoms with Gasteiger partial charge in [0.2, 0.25) is 0 Å². The van der Waals surface area contributed by atoms with Gasteiger partial charge in [0.05, 0.1) is 6.61 Å². The minimum absolute atomic E-state index is 0.747. The number of unbranched alkanes of at least 4 members (excludes halogenated alkanes) is 1. The molecule has 0 spiro atoms. The van der Waals surface area contributed by atoms with Crippen LogP contribution in [0.1, 0.15) is 18.4 Å². The first kappa shape index (κ1) is 11.8. The molecule has 1 rings (SSSR count). The van der Waals surface area contributed by atoms with E-state index in [-0.39, 0.29) is 0 Å². The number of methoxy groups -OCH3 is 1. The summed E-state index contributed by atoms with van der Waals surface area (Å²) < 4.78 is 10.5. The first-order chi connectivity index (χ1) is 7.36. The first-order valence-electron chi connectivity index (χ1n) is 5.21. The van der Waals surface area contributed by atoms with Gasteiger partial charge in [-0.05, 0) is 30.5 Å². The second-order valence-electron chi connectivity index (χ2n) is 3.32. The summed E-state index contributed by atoms with van der Waals surface area (Å²) in [5.74, 6) is 0.915. The summed E-state index contributed by atoms with van der Waals surface area (Å²) in [5, 5.41) is 0. The van der Waals surface area contributed by atoms with Crippen molar-refractivity contribution in [1.82, 2.24) is 0 Å². The Labute approximate surface area is 91.5 Å². The Hall–Kier alpha value is -1.28. The van der Waals surface area contributed by atoms with Crippen LogP contribution < -0.4 is 4.74 Å². The van der Waals surface area contributed by atoms with Crippen molar-refractivity contribution in [2.75, 3.05) is 20.3 Å². The van der Waals surface area contributed by atoms with Crippen molar-refractivity contribution < 1.29 is 9.47 Å². The summed E-state index contributed by atoms with van der Waals surface area (Å²) >= 11 is 0. The molecular weight excluding hydrogens is 188 g/mol. The largest absolute Gasteiger partial charge is 0.494 e. The SMILES string of the molecule is C=Cc1ccc(OCCCCOC)cc1. The molecule has 1 aromatic carbocycles. The molecule has 0 heterocycles. The number of rotatable bonds is 7. The van der Waals surface area contributed by atoms with Crippen LogP contribution in [-0.4, -0.2) is 20.3 Å². The van der Waals surface area contributed by atoms with Crippen LogP contribution in [0.2, 0.25) is 0 Å². The Morgan fingerprint density at radius 1 is 1.13 bits per heavy atom. The number of benzene rings is 1. The maximum absolute atomic E-state index is 5.56. The topological polar surface area (TPSA) is 18.5 Å². The lowest BCUT2D eigenvalue weighted by molar-refractivity contribution is 0.184. The highest BCUT2D eigenvalue weighted by molar-refractivity contribution is 5.48. The molecule has 0 aliphatic heterocycles. The van der Waals surface area contributed by atoms with Gasteiger partial charge in [0.1, 0.15) is 5.75 Å². The van der Waals surface area contributed by atoms with Gasteiger partial charge in [-0.2, -0.15) is 0 Å². The molecule has 2 heteroatoms. The Balaban J connectivity index is 2.22. The third kappa shape index (κ3) is 4.66. The number of hydrogen-bond donors (Lipinski definition) is 0. The summed E-state index contributed by atoms with van der Waals surface area (Å²) in [7, 11) is 1.72. The van der Waals surface area contributed by atoms with E-state index in [1.54, 1.807) is 7.11 Å². The van der Waals surface area contributed by atoms with Gasteiger partial charge in [-0.1, -0.05) is 24.8 Å². The molecule has 0 saturated heterocycles. The van der Waals surface area contributed by atoms with Crippen LogP contribution in [0.3, 0.4) is 0 Å². The fourth-order valence-corrected chi connectivity index (χ4v) is 1.24. The maximum atomic E-state index is 5.56. The van der Waals surface area contributed by atoms with Gasteiger partial charge in [0.15, 0.2) is 0 Å². The van der Waals surface area contributed by atoms with Crippen LogP contribution in [0.4, 0.5) is 0 Å². The summed E-state index contributed by atoms with van der Waals surface area (Å²) in [5.41, 5.74) is 1.11.